The quantitative estimate of drug-likeness (QED) is 0.733. The Bertz CT molecular complexity index is 497. The van der Waals surface area contributed by atoms with Gasteiger partial charge in [-0.3, -0.25) is 9.59 Å². The number of hydrogen-bond donors (Lipinski definition) is 0. The molecule has 2 aliphatic heterocycles. The number of ketones is 1. The van der Waals surface area contributed by atoms with E-state index in [0.717, 1.165) is 12.8 Å². The van der Waals surface area contributed by atoms with Crippen LogP contribution in [-0.4, -0.2) is 51.9 Å². The molecule has 3 heterocycles. The third-order valence-corrected chi connectivity index (χ3v) is 3.82. The Morgan fingerprint density at radius 1 is 1.42 bits per heavy atom. The molecule has 1 aromatic rings. The van der Waals surface area contributed by atoms with E-state index in [-0.39, 0.29) is 18.2 Å². The second kappa shape index (κ2) is 4.70. The van der Waals surface area contributed by atoms with Crippen molar-refractivity contribution >= 4 is 11.7 Å². The van der Waals surface area contributed by atoms with Crippen molar-refractivity contribution in [2.45, 2.75) is 24.9 Å². The summed E-state index contributed by atoms with van der Waals surface area (Å²) < 4.78 is 5.61. The van der Waals surface area contributed by atoms with Gasteiger partial charge in [0.25, 0.3) is 5.91 Å². The van der Waals surface area contributed by atoms with Gasteiger partial charge in [-0.1, -0.05) is 0 Å². The summed E-state index contributed by atoms with van der Waals surface area (Å²) in [5.41, 5.74) is -0.297. The molecule has 0 aromatic carbocycles. The van der Waals surface area contributed by atoms with E-state index in [1.165, 1.54) is 17.4 Å². The smallest absolute Gasteiger partial charge is 0.272 e. The minimum absolute atomic E-state index is 0.0126. The highest BCUT2D eigenvalue weighted by molar-refractivity contribution is 5.98. The number of piperidine rings is 1. The maximum Gasteiger partial charge on any atom is 0.272 e. The Hall–Kier alpha value is -1.82. The molecule has 1 amide bonds. The average molecular weight is 261 g/mol. The van der Waals surface area contributed by atoms with E-state index in [9.17, 15) is 9.59 Å². The van der Waals surface area contributed by atoms with Crippen molar-refractivity contribution in [2.24, 2.45) is 0 Å². The van der Waals surface area contributed by atoms with Crippen molar-refractivity contribution in [3.05, 3.63) is 24.3 Å². The first-order chi connectivity index (χ1) is 9.21. The van der Waals surface area contributed by atoms with Gasteiger partial charge in [-0.05, 0) is 18.9 Å². The van der Waals surface area contributed by atoms with Crippen LogP contribution < -0.4 is 0 Å². The standard InChI is InChI=1S/C13H15N3O3/c17-11-8-16(6-4-13(11)3-1-7-19-13)12(18)10-2-5-14-9-15-10/h2,5,9H,1,3-4,6-8H2. The van der Waals surface area contributed by atoms with Crippen LogP contribution >= 0.6 is 0 Å². The fraction of sp³-hybridized carbons (Fsp3) is 0.538. The van der Waals surface area contributed by atoms with Crippen LogP contribution in [0.15, 0.2) is 18.6 Å². The molecular formula is C13H15N3O3. The minimum Gasteiger partial charge on any atom is -0.367 e. The molecule has 1 unspecified atom stereocenters. The van der Waals surface area contributed by atoms with Crippen LogP contribution in [0.25, 0.3) is 0 Å². The van der Waals surface area contributed by atoms with Gasteiger partial charge >= 0.3 is 0 Å². The van der Waals surface area contributed by atoms with Crippen molar-refractivity contribution in [1.82, 2.24) is 14.9 Å². The fourth-order valence-corrected chi connectivity index (χ4v) is 2.72. The van der Waals surface area contributed by atoms with Gasteiger partial charge in [-0.2, -0.15) is 0 Å². The predicted molar refractivity (Wildman–Crippen MR) is 65.5 cm³/mol. The molecule has 0 N–H and O–H groups in total. The predicted octanol–water partition coefficient (Wildman–Crippen LogP) is 0.441. The van der Waals surface area contributed by atoms with Crippen LogP contribution in [0, 0.1) is 0 Å². The average Bonchev–Trinajstić information content (AvgIpc) is 2.92. The van der Waals surface area contributed by atoms with Crippen LogP contribution in [0.2, 0.25) is 0 Å². The number of carbonyl (C=O) groups excluding carboxylic acids is 2. The number of amides is 1. The summed E-state index contributed by atoms with van der Waals surface area (Å²) in [5, 5.41) is 0. The molecule has 0 aliphatic carbocycles. The highest BCUT2D eigenvalue weighted by atomic mass is 16.5. The number of ether oxygens (including phenoxy) is 1. The molecule has 3 rings (SSSR count). The minimum atomic E-state index is -0.623. The Labute approximate surface area is 110 Å². The zero-order chi connectivity index (χ0) is 13.3. The Balaban J connectivity index is 1.72. The van der Waals surface area contributed by atoms with E-state index < -0.39 is 5.60 Å². The number of carbonyl (C=O) groups is 2. The van der Waals surface area contributed by atoms with E-state index in [4.69, 9.17) is 4.74 Å². The maximum absolute atomic E-state index is 12.2. The monoisotopic (exact) mass is 261 g/mol. The summed E-state index contributed by atoms with van der Waals surface area (Å²) in [6, 6.07) is 1.56. The van der Waals surface area contributed by atoms with Gasteiger partial charge < -0.3 is 9.64 Å². The molecule has 2 saturated heterocycles. The number of Topliss-reactive ketones (excluding diaryl/α,β-unsaturated/α-hetero) is 1. The molecule has 2 fully saturated rings. The summed E-state index contributed by atoms with van der Waals surface area (Å²) in [7, 11) is 0. The summed E-state index contributed by atoms with van der Waals surface area (Å²) >= 11 is 0. The van der Waals surface area contributed by atoms with Crippen LogP contribution in [0.1, 0.15) is 29.8 Å². The number of rotatable bonds is 1. The lowest BCUT2D eigenvalue weighted by Gasteiger charge is -2.36. The lowest BCUT2D eigenvalue weighted by Crippen LogP contribution is -2.53. The molecule has 6 nitrogen and oxygen atoms in total. The molecule has 19 heavy (non-hydrogen) atoms. The molecule has 2 aliphatic rings. The Morgan fingerprint density at radius 3 is 2.95 bits per heavy atom. The lowest BCUT2D eigenvalue weighted by atomic mass is 9.87. The first-order valence-electron chi connectivity index (χ1n) is 6.44. The highest BCUT2D eigenvalue weighted by Gasteiger charge is 2.46. The molecule has 1 spiro atoms. The number of nitrogens with zero attached hydrogens (tertiary/aromatic N) is 3. The maximum atomic E-state index is 12.2. The lowest BCUT2D eigenvalue weighted by molar-refractivity contribution is -0.144. The van der Waals surface area contributed by atoms with Crippen LogP contribution in [0.3, 0.4) is 0 Å². The summed E-state index contributed by atoms with van der Waals surface area (Å²) in [6.45, 7) is 1.29. The third-order valence-electron chi connectivity index (χ3n) is 3.82. The van der Waals surface area contributed by atoms with Crippen LogP contribution in [0.4, 0.5) is 0 Å². The SMILES string of the molecule is O=C(c1ccncn1)N1CCC2(CCCO2)C(=O)C1. The van der Waals surface area contributed by atoms with E-state index in [0.29, 0.717) is 25.3 Å². The van der Waals surface area contributed by atoms with Crippen LogP contribution in [0.5, 0.6) is 0 Å². The van der Waals surface area contributed by atoms with Crippen LogP contribution in [-0.2, 0) is 9.53 Å². The molecular weight excluding hydrogens is 246 g/mol. The molecule has 0 saturated carbocycles. The summed E-state index contributed by atoms with van der Waals surface area (Å²) in [5.74, 6) is -0.206. The molecule has 0 radical (unpaired) electrons. The molecule has 1 aromatic heterocycles. The zero-order valence-corrected chi connectivity index (χ0v) is 10.5. The molecule has 6 heteroatoms. The second-order valence-electron chi connectivity index (χ2n) is 4.94. The fourth-order valence-electron chi connectivity index (χ4n) is 2.72. The largest absolute Gasteiger partial charge is 0.367 e. The zero-order valence-electron chi connectivity index (χ0n) is 10.5. The third kappa shape index (κ3) is 2.12. The van der Waals surface area contributed by atoms with Crippen molar-refractivity contribution < 1.29 is 14.3 Å². The van der Waals surface area contributed by atoms with Gasteiger partial charge in [-0.25, -0.2) is 9.97 Å². The van der Waals surface area contributed by atoms with Gasteiger partial charge in [0.15, 0.2) is 5.78 Å². The summed E-state index contributed by atoms with van der Waals surface area (Å²) in [6.07, 6.45) is 5.14. The van der Waals surface area contributed by atoms with Gasteiger partial charge in [0.2, 0.25) is 0 Å². The van der Waals surface area contributed by atoms with Crippen molar-refractivity contribution in [2.75, 3.05) is 19.7 Å². The van der Waals surface area contributed by atoms with Gasteiger partial charge in [0.05, 0.1) is 6.54 Å². The summed E-state index contributed by atoms with van der Waals surface area (Å²) in [4.78, 5) is 33.6. The number of likely N-dealkylation sites (tertiary alicyclic amines) is 1. The molecule has 0 bridgehead atoms. The van der Waals surface area contributed by atoms with Crippen molar-refractivity contribution in [3.8, 4) is 0 Å². The number of aromatic nitrogens is 2. The highest BCUT2D eigenvalue weighted by Crippen LogP contribution is 2.33. The topological polar surface area (TPSA) is 72.4 Å². The van der Waals surface area contributed by atoms with E-state index >= 15 is 0 Å². The molecule has 100 valence electrons. The Morgan fingerprint density at radius 2 is 2.32 bits per heavy atom. The van der Waals surface area contributed by atoms with Gasteiger partial charge in [0.1, 0.15) is 17.6 Å². The van der Waals surface area contributed by atoms with Gasteiger partial charge in [-0.15, -0.1) is 0 Å². The first kappa shape index (κ1) is 12.2. The van der Waals surface area contributed by atoms with Gasteiger partial charge in [0, 0.05) is 25.8 Å². The van der Waals surface area contributed by atoms with E-state index in [1.807, 2.05) is 0 Å². The first-order valence-corrected chi connectivity index (χ1v) is 6.44. The van der Waals surface area contributed by atoms with Crippen molar-refractivity contribution in [3.63, 3.8) is 0 Å². The second-order valence-corrected chi connectivity index (χ2v) is 4.94. The van der Waals surface area contributed by atoms with Crippen molar-refractivity contribution in [1.29, 1.82) is 0 Å². The molecule has 1 atom stereocenters. The van der Waals surface area contributed by atoms with E-state index in [1.54, 1.807) is 6.07 Å². The normalized spacial score (nSPS) is 26.9. The van der Waals surface area contributed by atoms with E-state index in [2.05, 4.69) is 9.97 Å². The Kier molecular flexibility index (Phi) is 3.02. The number of hydrogen-bond acceptors (Lipinski definition) is 5.